The highest BCUT2D eigenvalue weighted by atomic mass is 16.1. The Morgan fingerprint density at radius 3 is 2.61 bits per heavy atom. The molecule has 0 saturated carbocycles. The smallest absolute Gasteiger partial charge is 0.255 e. The van der Waals surface area contributed by atoms with E-state index in [4.69, 9.17) is 0 Å². The van der Waals surface area contributed by atoms with Gasteiger partial charge in [0.2, 0.25) is 0 Å². The van der Waals surface area contributed by atoms with Crippen LogP contribution in [0.3, 0.4) is 0 Å². The van der Waals surface area contributed by atoms with Crippen LogP contribution in [0.5, 0.6) is 0 Å². The molecule has 28 heavy (non-hydrogen) atoms. The molecule has 1 amide bonds. The van der Waals surface area contributed by atoms with Crippen molar-refractivity contribution in [3.63, 3.8) is 0 Å². The van der Waals surface area contributed by atoms with E-state index in [9.17, 15) is 4.79 Å². The summed E-state index contributed by atoms with van der Waals surface area (Å²) in [4.78, 5) is 12.6. The van der Waals surface area contributed by atoms with Gasteiger partial charge in [0.05, 0.1) is 0 Å². The molecule has 5 nitrogen and oxygen atoms in total. The van der Waals surface area contributed by atoms with Gasteiger partial charge >= 0.3 is 0 Å². The van der Waals surface area contributed by atoms with Gasteiger partial charge in [0.1, 0.15) is 5.82 Å². The number of hydrogen-bond acceptors (Lipinski definition) is 3. The van der Waals surface area contributed by atoms with E-state index in [2.05, 4.69) is 26.1 Å². The predicted molar refractivity (Wildman–Crippen MR) is 109 cm³/mol. The summed E-state index contributed by atoms with van der Waals surface area (Å²) in [6.07, 6.45) is 8.00. The van der Waals surface area contributed by atoms with Gasteiger partial charge in [-0.05, 0) is 79.6 Å². The molecule has 5 rings (SSSR count). The zero-order chi connectivity index (χ0) is 18.9. The molecule has 2 aliphatic rings. The average molecular weight is 372 g/mol. The first-order valence-corrected chi connectivity index (χ1v) is 10.2. The lowest BCUT2D eigenvalue weighted by Crippen LogP contribution is -2.12. The molecule has 3 aromatic rings. The minimum Gasteiger partial charge on any atom is -0.322 e. The third kappa shape index (κ3) is 3.21. The standard InChI is InChI=1S/C23H24N4O/c28-23(19-9-8-16-5-4-6-18(16)15-19)24-20-12-10-17(11-13-20)22-26-25-21-7-2-1-3-14-27(21)22/h8-13,15H,1-7,14H2,(H,24,28). The summed E-state index contributed by atoms with van der Waals surface area (Å²) in [5, 5.41) is 11.8. The monoisotopic (exact) mass is 372 g/mol. The van der Waals surface area contributed by atoms with Gasteiger partial charge < -0.3 is 9.88 Å². The molecule has 1 aliphatic heterocycles. The Labute approximate surface area is 164 Å². The Hall–Kier alpha value is -2.95. The summed E-state index contributed by atoms with van der Waals surface area (Å²) in [6.45, 7) is 0.981. The van der Waals surface area contributed by atoms with Crippen LogP contribution in [0.25, 0.3) is 11.4 Å². The van der Waals surface area contributed by atoms with Crippen LogP contribution in [-0.4, -0.2) is 20.7 Å². The highest BCUT2D eigenvalue weighted by Crippen LogP contribution is 2.25. The number of aryl methyl sites for hydroxylation is 3. The maximum Gasteiger partial charge on any atom is 0.255 e. The quantitative estimate of drug-likeness (QED) is 0.741. The van der Waals surface area contributed by atoms with Crippen molar-refractivity contribution < 1.29 is 4.79 Å². The van der Waals surface area contributed by atoms with Gasteiger partial charge in [0.15, 0.2) is 5.82 Å². The van der Waals surface area contributed by atoms with E-state index in [-0.39, 0.29) is 5.91 Å². The fraction of sp³-hybridized carbons (Fsp3) is 0.348. The molecule has 2 aromatic carbocycles. The Bertz CT molecular complexity index is 1020. The first kappa shape index (κ1) is 17.2. The topological polar surface area (TPSA) is 59.8 Å². The van der Waals surface area contributed by atoms with Crippen LogP contribution in [-0.2, 0) is 25.8 Å². The van der Waals surface area contributed by atoms with E-state index in [0.29, 0.717) is 0 Å². The van der Waals surface area contributed by atoms with Gasteiger partial charge in [0, 0.05) is 29.8 Å². The van der Waals surface area contributed by atoms with Gasteiger partial charge in [-0.2, -0.15) is 0 Å². The van der Waals surface area contributed by atoms with Crippen LogP contribution in [0.1, 0.15) is 53.0 Å². The van der Waals surface area contributed by atoms with Crippen LogP contribution >= 0.6 is 0 Å². The number of carbonyl (C=O) groups is 1. The molecule has 1 N–H and O–H groups in total. The second-order valence-corrected chi connectivity index (χ2v) is 7.77. The first-order valence-electron chi connectivity index (χ1n) is 10.2. The van der Waals surface area contributed by atoms with Crippen molar-refractivity contribution in [3.8, 4) is 11.4 Å². The number of carbonyl (C=O) groups excluding carboxylic acids is 1. The Morgan fingerprint density at radius 2 is 1.71 bits per heavy atom. The number of benzene rings is 2. The van der Waals surface area contributed by atoms with Gasteiger partial charge in [-0.25, -0.2) is 0 Å². The van der Waals surface area contributed by atoms with E-state index in [1.54, 1.807) is 0 Å². The van der Waals surface area contributed by atoms with Crippen LogP contribution in [0, 0.1) is 0 Å². The summed E-state index contributed by atoms with van der Waals surface area (Å²) in [5.74, 6) is 1.95. The van der Waals surface area contributed by atoms with Crippen molar-refractivity contribution >= 4 is 11.6 Å². The number of rotatable bonds is 3. The van der Waals surface area contributed by atoms with Crippen molar-refractivity contribution in [3.05, 3.63) is 65.0 Å². The Kier molecular flexibility index (Phi) is 4.43. The largest absolute Gasteiger partial charge is 0.322 e. The van der Waals surface area contributed by atoms with Gasteiger partial charge in [0.25, 0.3) is 5.91 Å². The lowest BCUT2D eigenvalue weighted by atomic mass is 10.1. The molecule has 5 heteroatoms. The first-order chi connectivity index (χ1) is 13.8. The highest BCUT2D eigenvalue weighted by molar-refractivity contribution is 6.04. The molecule has 142 valence electrons. The normalized spacial score (nSPS) is 15.6. The Balaban J connectivity index is 1.33. The van der Waals surface area contributed by atoms with E-state index >= 15 is 0 Å². The fourth-order valence-electron chi connectivity index (χ4n) is 4.32. The summed E-state index contributed by atoms with van der Waals surface area (Å²) in [7, 11) is 0. The van der Waals surface area contributed by atoms with Crippen LogP contribution in [0.15, 0.2) is 42.5 Å². The zero-order valence-corrected chi connectivity index (χ0v) is 15.9. The molecule has 0 unspecified atom stereocenters. The molecular weight excluding hydrogens is 348 g/mol. The number of fused-ring (bicyclic) bond motifs is 2. The summed E-state index contributed by atoms with van der Waals surface area (Å²) < 4.78 is 2.24. The molecule has 0 saturated heterocycles. The van der Waals surface area contributed by atoms with Gasteiger partial charge in [-0.1, -0.05) is 12.5 Å². The minimum absolute atomic E-state index is 0.0567. The zero-order valence-electron chi connectivity index (χ0n) is 15.9. The maximum absolute atomic E-state index is 12.6. The van der Waals surface area contributed by atoms with Crippen molar-refractivity contribution in [1.82, 2.24) is 14.8 Å². The number of nitrogens with one attached hydrogen (secondary N) is 1. The predicted octanol–water partition coefficient (Wildman–Crippen LogP) is 4.41. The van der Waals surface area contributed by atoms with Crippen LogP contribution in [0.4, 0.5) is 5.69 Å². The molecule has 1 aliphatic carbocycles. The molecule has 0 atom stereocenters. The maximum atomic E-state index is 12.6. The van der Waals surface area contributed by atoms with Crippen molar-refractivity contribution in [2.75, 3.05) is 5.32 Å². The molecule has 0 radical (unpaired) electrons. The number of anilines is 1. The third-order valence-electron chi connectivity index (χ3n) is 5.87. The number of nitrogens with zero attached hydrogens (tertiary/aromatic N) is 3. The van der Waals surface area contributed by atoms with Gasteiger partial charge in [-0.15, -0.1) is 10.2 Å². The van der Waals surface area contributed by atoms with E-state index in [1.165, 1.54) is 36.8 Å². The van der Waals surface area contributed by atoms with Crippen molar-refractivity contribution in [2.45, 2.75) is 51.5 Å². The molecule has 1 aromatic heterocycles. The number of aromatic nitrogens is 3. The lowest BCUT2D eigenvalue weighted by molar-refractivity contribution is 0.102. The molecular formula is C23H24N4O. The number of amides is 1. The molecule has 0 fully saturated rings. The molecule has 0 bridgehead atoms. The summed E-state index contributed by atoms with van der Waals surface area (Å²) >= 11 is 0. The average Bonchev–Trinajstić information content (AvgIpc) is 3.29. The van der Waals surface area contributed by atoms with E-state index < -0.39 is 0 Å². The van der Waals surface area contributed by atoms with Gasteiger partial charge in [-0.3, -0.25) is 4.79 Å². The lowest BCUT2D eigenvalue weighted by Gasteiger charge is -2.09. The van der Waals surface area contributed by atoms with E-state index in [0.717, 1.165) is 54.3 Å². The van der Waals surface area contributed by atoms with E-state index in [1.807, 2.05) is 36.4 Å². The molecule has 2 heterocycles. The van der Waals surface area contributed by atoms with Crippen molar-refractivity contribution in [1.29, 1.82) is 0 Å². The third-order valence-corrected chi connectivity index (χ3v) is 5.87. The van der Waals surface area contributed by atoms with Crippen molar-refractivity contribution in [2.24, 2.45) is 0 Å². The second-order valence-electron chi connectivity index (χ2n) is 7.77. The number of hydrogen-bond donors (Lipinski definition) is 1. The SMILES string of the molecule is O=C(Nc1ccc(-c2nnc3n2CCCCC3)cc1)c1ccc2c(c1)CCC2. The second kappa shape index (κ2) is 7.23. The van der Waals surface area contributed by atoms with Crippen LogP contribution in [0.2, 0.25) is 0 Å². The minimum atomic E-state index is -0.0567. The summed E-state index contributed by atoms with van der Waals surface area (Å²) in [5.41, 5.74) is 5.26. The molecule has 0 spiro atoms. The fourth-order valence-corrected chi connectivity index (χ4v) is 4.32. The Morgan fingerprint density at radius 1 is 0.857 bits per heavy atom. The van der Waals surface area contributed by atoms with Crippen LogP contribution < -0.4 is 5.32 Å². The summed E-state index contributed by atoms with van der Waals surface area (Å²) in [6, 6.07) is 14.0. The highest BCUT2D eigenvalue weighted by Gasteiger charge is 2.17.